The Kier molecular flexibility index (Phi) is 4.34. The predicted octanol–water partition coefficient (Wildman–Crippen LogP) is 1.75. The minimum absolute atomic E-state index is 0.131. The SMILES string of the molecule is CCn1cc(COc2cc(C)c(S(N)(=O)=O)cc2C)cn1. The highest BCUT2D eigenvalue weighted by Crippen LogP contribution is 2.25. The highest BCUT2D eigenvalue weighted by Gasteiger charge is 2.14. The molecule has 2 rings (SSSR count). The van der Waals surface area contributed by atoms with Gasteiger partial charge in [-0.2, -0.15) is 5.10 Å². The normalized spacial score (nSPS) is 11.6. The highest BCUT2D eigenvalue weighted by atomic mass is 32.2. The van der Waals surface area contributed by atoms with Gasteiger partial charge >= 0.3 is 0 Å². The molecule has 0 amide bonds. The van der Waals surface area contributed by atoms with Crippen LogP contribution in [-0.4, -0.2) is 18.2 Å². The summed E-state index contributed by atoms with van der Waals surface area (Å²) in [6.45, 7) is 6.69. The molecule has 2 N–H and O–H groups in total. The summed E-state index contributed by atoms with van der Waals surface area (Å²) >= 11 is 0. The van der Waals surface area contributed by atoms with Crippen molar-refractivity contribution in [1.29, 1.82) is 0 Å². The van der Waals surface area contributed by atoms with E-state index in [1.807, 2.05) is 17.8 Å². The number of aryl methyl sites for hydroxylation is 3. The maximum atomic E-state index is 11.5. The van der Waals surface area contributed by atoms with Crippen molar-refractivity contribution in [3.63, 3.8) is 0 Å². The van der Waals surface area contributed by atoms with Crippen LogP contribution in [0.2, 0.25) is 0 Å². The second-order valence-electron chi connectivity index (χ2n) is 4.92. The zero-order valence-corrected chi connectivity index (χ0v) is 13.1. The fourth-order valence-electron chi connectivity index (χ4n) is 2.04. The van der Waals surface area contributed by atoms with E-state index in [2.05, 4.69) is 5.10 Å². The van der Waals surface area contributed by atoms with E-state index in [1.165, 1.54) is 6.07 Å². The van der Waals surface area contributed by atoms with Crippen molar-refractivity contribution in [3.05, 3.63) is 41.2 Å². The molecular weight excluding hydrogens is 290 g/mol. The van der Waals surface area contributed by atoms with Crippen LogP contribution in [0.3, 0.4) is 0 Å². The van der Waals surface area contributed by atoms with Crippen LogP contribution in [-0.2, 0) is 23.2 Å². The largest absolute Gasteiger partial charge is 0.489 e. The Morgan fingerprint density at radius 2 is 2.00 bits per heavy atom. The first kappa shape index (κ1) is 15.5. The lowest BCUT2D eigenvalue weighted by molar-refractivity contribution is 0.303. The summed E-state index contributed by atoms with van der Waals surface area (Å²) in [6.07, 6.45) is 3.67. The van der Waals surface area contributed by atoms with Crippen LogP contribution in [0.5, 0.6) is 5.75 Å². The molecule has 1 aromatic carbocycles. The Balaban J connectivity index is 2.19. The topological polar surface area (TPSA) is 87.2 Å². The van der Waals surface area contributed by atoms with Crippen LogP contribution in [0.1, 0.15) is 23.6 Å². The van der Waals surface area contributed by atoms with Gasteiger partial charge in [0, 0.05) is 18.3 Å². The number of nitrogens with two attached hydrogens (primary N) is 1. The minimum atomic E-state index is -3.71. The molecule has 2 aromatic rings. The van der Waals surface area contributed by atoms with Gasteiger partial charge in [0.15, 0.2) is 0 Å². The fraction of sp³-hybridized carbons (Fsp3) is 0.357. The summed E-state index contributed by atoms with van der Waals surface area (Å²) in [5.74, 6) is 0.643. The molecule has 1 heterocycles. The number of benzene rings is 1. The van der Waals surface area contributed by atoms with E-state index in [9.17, 15) is 8.42 Å². The van der Waals surface area contributed by atoms with E-state index in [1.54, 1.807) is 26.1 Å². The average Bonchev–Trinajstić information content (AvgIpc) is 2.86. The van der Waals surface area contributed by atoms with Gasteiger partial charge in [-0.25, -0.2) is 13.6 Å². The zero-order chi connectivity index (χ0) is 15.6. The van der Waals surface area contributed by atoms with Crippen LogP contribution >= 0.6 is 0 Å². The molecule has 0 saturated carbocycles. The van der Waals surface area contributed by atoms with E-state index in [0.29, 0.717) is 17.9 Å². The quantitative estimate of drug-likeness (QED) is 0.911. The molecule has 0 radical (unpaired) electrons. The van der Waals surface area contributed by atoms with E-state index in [4.69, 9.17) is 9.88 Å². The van der Waals surface area contributed by atoms with Crippen molar-refractivity contribution in [2.75, 3.05) is 0 Å². The van der Waals surface area contributed by atoms with Crippen molar-refractivity contribution in [1.82, 2.24) is 9.78 Å². The number of rotatable bonds is 5. The van der Waals surface area contributed by atoms with Crippen LogP contribution in [0.15, 0.2) is 29.4 Å². The number of primary sulfonamides is 1. The molecule has 0 spiro atoms. The number of hydrogen-bond acceptors (Lipinski definition) is 4. The molecule has 0 saturated heterocycles. The van der Waals surface area contributed by atoms with E-state index in [0.717, 1.165) is 17.7 Å². The number of hydrogen-bond donors (Lipinski definition) is 1. The Morgan fingerprint density at radius 3 is 2.57 bits per heavy atom. The third kappa shape index (κ3) is 3.62. The van der Waals surface area contributed by atoms with Crippen LogP contribution < -0.4 is 9.88 Å². The average molecular weight is 309 g/mol. The number of nitrogens with zero attached hydrogens (tertiary/aromatic N) is 2. The van der Waals surface area contributed by atoms with E-state index < -0.39 is 10.0 Å². The summed E-state index contributed by atoms with van der Waals surface area (Å²) in [4.78, 5) is 0.131. The predicted molar refractivity (Wildman–Crippen MR) is 79.5 cm³/mol. The van der Waals surface area contributed by atoms with Crippen molar-refractivity contribution in [3.8, 4) is 5.75 Å². The molecule has 0 aliphatic heterocycles. The fourth-order valence-corrected chi connectivity index (χ4v) is 2.89. The summed E-state index contributed by atoms with van der Waals surface area (Å²) in [5.41, 5.74) is 2.26. The molecular formula is C14H19N3O3S. The van der Waals surface area contributed by atoms with Gasteiger partial charge in [-0.1, -0.05) is 0 Å². The second kappa shape index (κ2) is 5.87. The molecule has 0 bridgehead atoms. The number of sulfonamides is 1. The standard InChI is InChI=1S/C14H19N3O3S/c1-4-17-8-12(7-16-17)9-20-13-5-11(3)14(6-10(13)2)21(15,18)19/h5-8H,4,9H2,1-3H3,(H2,15,18,19). The van der Waals surface area contributed by atoms with E-state index in [-0.39, 0.29) is 4.90 Å². The summed E-state index contributed by atoms with van der Waals surface area (Å²) in [5, 5.41) is 9.35. The highest BCUT2D eigenvalue weighted by molar-refractivity contribution is 7.89. The van der Waals surface area contributed by atoms with Crippen molar-refractivity contribution >= 4 is 10.0 Å². The van der Waals surface area contributed by atoms with Gasteiger partial charge in [0.25, 0.3) is 0 Å². The minimum Gasteiger partial charge on any atom is -0.489 e. The Labute approximate surface area is 124 Å². The molecule has 21 heavy (non-hydrogen) atoms. The van der Waals surface area contributed by atoms with Gasteiger partial charge in [-0.15, -0.1) is 0 Å². The molecule has 0 fully saturated rings. The Morgan fingerprint density at radius 1 is 1.29 bits per heavy atom. The summed E-state index contributed by atoms with van der Waals surface area (Å²) < 4.78 is 30.5. The van der Waals surface area contributed by atoms with Gasteiger partial charge in [0.2, 0.25) is 10.0 Å². The first-order valence-corrected chi connectivity index (χ1v) is 8.14. The van der Waals surface area contributed by atoms with Crippen LogP contribution in [0.4, 0.5) is 0 Å². The lowest BCUT2D eigenvalue weighted by Crippen LogP contribution is -2.14. The maximum Gasteiger partial charge on any atom is 0.238 e. The first-order valence-electron chi connectivity index (χ1n) is 6.59. The van der Waals surface area contributed by atoms with Gasteiger partial charge in [-0.05, 0) is 44.0 Å². The van der Waals surface area contributed by atoms with Crippen molar-refractivity contribution in [2.45, 2.75) is 38.8 Å². The number of aromatic nitrogens is 2. The van der Waals surface area contributed by atoms with Gasteiger partial charge in [0.1, 0.15) is 12.4 Å². The van der Waals surface area contributed by atoms with Gasteiger partial charge in [-0.3, -0.25) is 4.68 Å². The smallest absolute Gasteiger partial charge is 0.238 e. The number of ether oxygens (including phenoxy) is 1. The molecule has 7 heteroatoms. The lowest BCUT2D eigenvalue weighted by Gasteiger charge is -2.12. The molecule has 0 unspecified atom stereocenters. The molecule has 0 aliphatic carbocycles. The van der Waals surface area contributed by atoms with Crippen LogP contribution in [0.25, 0.3) is 0 Å². The van der Waals surface area contributed by atoms with Crippen LogP contribution in [0, 0.1) is 13.8 Å². The summed E-state index contributed by atoms with van der Waals surface area (Å²) in [6, 6.07) is 3.23. The molecule has 1 aromatic heterocycles. The third-order valence-electron chi connectivity index (χ3n) is 3.18. The van der Waals surface area contributed by atoms with Crippen molar-refractivity contribution < 1.29 is 13.2 Å². The molecule has 6 nitrogen and oxygen atoms in total. The lowest BCUT2D eigenvalue weighted by atomic mass is 10.1. The Bertz CT molecular complexity index is 751. The first-order chi connectivity index (χ1) is 9.81. The van der Waals surface area contributed by atoms with Crippen molar-refractivity contribution in [2.24, 2.45) is 5.14 Å². The monoisotopic (exact) mass is 309 g/mol. The van der Waals surface area contributed by atoms with Gasteiger partial charge < -0.3 is 4.74 Å². The third-order valence-corrected chi connectivity index (χ3v) is 4.24. The molecule has 0 aliphatic rings. The van der Waals surface area contributed by atoms with Gasteiger partial charge in [0.05, 0.1) is 11.1 Å². The second-order valence-corrected chi connectivity index (χ2v) is 6.45. The van der Waals surface area contributed by atoms with E-state index >= 15 is 0 Å². The maximum absolute atomic E-state index is 11.5. The summed E-state index contributed by atoms with van der Waals surface area (Å²) in [7, 11) is -3.71. The molecule has 0 atom stereocenters. The molecule has 114 valence electrons. The Hall–Kier alpha value is -1.86. The zero-order valence-electron chi connectivity index (χ0n) is 12.3.